The van der Waals surface area contributed by atoms with Crippen molar-refractivity contribution in [3.8, 4) is 11.1 Å². The molecule has 162 valence electrons. The zero-order valence-corrected chi connectivity index (χ0v) is 17.0. The van der Waals surface area contributed by atoms with E-state index in [1.54, 1.807) is 24.4 Å². The highest BCUT2D eigenvalue weighted by molar-refractivity contribution is 5.83. The number of hydrogen-bond acceptors (Lipinski definition) is 5. The van der Waals surface area contributed by atoms with Crippen LogP contribution in [0.5, 0.6) is 0 Å². The first-order valence-electron chi connectivity index (χ1n) is 10.2. The van der Waals surface area contributed by atoms with Crippen molar-refractivity contribution in [2.24, 2.45) is 0 Å². The second kappa shape index (κ2) is 7.30. The van der Waals surface area contributed by atoms with Gasteiger partial charge >= 0.3 is 0 Å². The molecule has 0 bridgehead atoms. The highest BCUT2D eigenvalue weighted by atomic mass is 19.1. The van der Waals surface area contributed by atoms with Crippen LogP contribution in [-0.2, 0) is 13.0 Å². The summed E-state index contributed by atoms with van der Waals surface area (Å²) in [6.45, 7) is 0.338. The zero-order chi connectivity index (χ0) is 22.5. The van der Waals surface area contributed by atoms with Gasteiger partial charge in [-0.1, -0.05) is 12.1 Å². The van der Waals surface area contributed by atoms with Gasteiger partial charge in [0.25, 0.3) is 5.56 Å². The molecule has 0 fully saturated rings. The molecule has 0 saturated heterocycles. The van der Waals surface area contributed by atoms with Gasteiger partial charge in [-0.3, -0.25) is 9.36 Å². The van der Waals surface area contributed by atoms with Gasteiger partial charge in [0, 0.05) is 29.2 Å². The molecule has 0 aliphatic heterocycles. The van der Waals surface area contributed by atoms with Crippen LogP contribution in [0.1, 0.15) is 5.56 Å². The van der Waals surface area contributed by atoms with E-state index in [9.17, 15) is 13.6 Å². The fourth-order valence-electron chi connectivity index (χ4n) is 3.99. The molecule has 10 heteroatoms. The number of nitrogens with one attached hydrogen (secondary N) is 1. The largest absolute Gasteiger partial charge is 0.361 e. The number of aromatic amines is 1. The standard InChI is InChI=1S/C23H15F2N7O/c24-15-3-1-13(2-4-15)18-11-28-32-21(18)30-29-20-22(32)27-12-31(23(20)33)8-7-14-10-26-19-6-5-16(25)9-17(14)19/h1-6,9-12,26H,7-8H2. The predicted octanol–water partition coefficient (Wildman–Crippen LogP) is 3.50. The molecule has 0 atom stereocenters. The number of halogens is 2. The van der Waals surface area contributed by atoms with Crippen molar-refractivity contribution in [2.75, 3.05) is 0 Å². The summed E-state index contributed by atoms with van der Waals surface area (Å²) in [5.41, 5.74) is 3.55. The summed E-state index contributed by atoms with van der Waals surface area (Å²) in [5, 5.41) is 13.4. The number of rotatable bonds is 4. The molecule has 0 radical (unpaired) electrons. The van der Waals surface area contributed by atoms with Crippen LogP contribution in [0.15, 0.2) is 66.0 Å². The van der Waals surface area contributed by atoms with Gasteiger partial charge in [-0.05, 0) is 47.9 Å². The van der Waals surface area contributed by atoms with Crippen molar-refractivity contribution in [3.05, 3.63) is 88.7 Å². The third-order valence-electron chi connectivity index (χ3n) is 5.69. The molecule has 0 aliphatic rings. The van der Waals surface area contributed by atoms with E-state index in [0.29, 0.717) is 24.2 Å². The van der Waals surface area contributed by atoms with Crippen molar-refractivity contribution >= 4 is 27.7 Å². The monoisotopic (exact) mass is 443 g/mol. The Bertz CT molecular complexity index is 1720. The van der Waals surface area contributed by atoms with Gasteiger partial charge in [0.2, 0.25) is 0 Å². The third-order valence-corrected chi connectivity index (χ3v) is 5.69. The van der Waals surface area contributed by atoms with Crippen molar-refractivity contribution in [1.82, 2.24) is 34.3 Å². The minimum absolute atomic E-state index is 0.0868. The second-order valence-corrected chi connectivity index (χ2v) is 7.67. The van der Waals surface area contributed by atoms with Gasteiger partial charge in [0.15, 0.2) is 16.8 Å². The maximum Gasteiger partial charge on any atom is 0.283 e. The van der Waals surface area contributed by atoms with E-state index < -0.39 is 0 Å². The van der Waals surface area contributed by atoms with Crippen molar-refractivity contribution in [2.45, 2.75) is 13.0 Å². The lowest BCUT2D eigenvalue weighted by molar-refractivity contribution is 0.628. The van der Waals surface area contributed by atoms with E-state index in [-0.39, 0.29) is 28.4 Å². The predicted molar refractivity (Wildman–Crippen MR) is 118 cm³/mol. The first kappa shape index (κ1) is 19.2. The van der Waals surface area contributed by atoms with Gasteiger partial charge in [0.05, 0.1) is 6.20 Å². The molecule has 0 amide bonds. The van der Waals surface area contributed by atoms with E-state index in [4.69, 9.17) is 0 Å². The SMILES string of the molecule is O=c1c2nnc3c(-c4ccc(F)cc4)cnn3c2ncn1CCc1c[nH]c2ccc(F)cc12. The van der Waals surface area contributed by atoms with Crippen LogP contribution in [0.25, 0.3) is 38.8 Å². The van der Waals surface area contributed by atoms with Gasteiger partial charge in [-0.15, -0.1) is 10.2 Å². The molecule has 0 aliphatic carbocycles. The molecule has 4 heterocycles. The lowest BCUT2D eigenvalue weighted by atomic mass is 10.1. The van der Waals surface area contributed by atoms with E-state index in [1.807, 2.05) is 6.20 Å². The number of fused-ring (bicyclic) bond motifs is 4. The Balaban J connectivity index is 1.37. The summed E-state index contributed by atoms with van der Waals surface area (Å²) < 4.78 is 29.8. The number of benzene rings is 2. The molecule has 0 unspecified atom stereocenters. The van der Waals surface area contributed by atoms with Crippen LogP contribution in [-0.4, -0.2) is 34.3 Å². The Hall–Kier alpha value is -4.47. The summed E-state index contributed by atoms with van der Waals surface area (Å²) in [6.07, 6.45) is 5.34. The summed E-state index contributed by atoms with van der Waals surface area (Å²) in [6, 6.07) is 10.5. The van der Waals surface area contributed by atoms with Crippen LogP contribution in [0, 0.1) is 11.6 Å². The van der Waals surface area contributed by atoms with Crippen molar-refractivity contribution < 1.29 is 8.78 Å². The minimum atomic E-state index is -0.348. The highest BCUT2D eigenvalue weighted by Crippen LogP contribution is 2.24. The Morgan fingerprint density at radius 3 is 2.64 bits per heavy atom. The number of nitrogens with zero attached hydrogens (tertiary/aromatic N) is 6. The van der Waals surface area contributed by atoms with E-state index in [1.165, 1.54) is 39.7 Å². The fourth-order valence-corrected chi connectivity index (χ4v) is 3.99. The normalized spacial score (nSPS) is 11.7. The van der Waals surface area contributed by atoms with E-state index in [2.05, 4.69) is 25.3 Å². The lowest BCUT2D eigenvalue weighted by Gasteiger charge is -2.06. The van der Waals surface area contributed by atoms with Crippen LogP contribution < -0.4 is 5.56 Å². The van der Waals surface area contributed by atoms with Crippen LogP contribution >= 0.6 is 0 Å². The number of aromatic nitrogens is 7. The topological polar surface area (TPSA) is 93.8 Å². The second-order valence-electron chi connectivity index (χ2n) is 7.67. The summed E-state index contributed by atoms with van der Waals surface area (Å²) in [4.78, 5) is 20.5. The molecule has 6 rings (SSSR count). The Labute approximate surface area is 184 Å². The van der Waals surface area contributed by atoms with E-state index in [0.717, 1.165) is 22.0 Å². The maximum atomic E-state index is 13.6. The molecule has 1 N–H and O–H groups in total. The van der Waals surface area contributed by atoms with Gasteiger partial charge in [-0.2, -0.15) is 9.61 Å². The molecular weight excluding hydrogens is 428 g/mol. The summed E-state index contributed by atoms with van der Waals surface area (Å²) >= 11 is 0. The Morgan fingerprint density at radius 1 is 0.970 bits per heavy atom. The van der Waals surface area contributed by atoms with Crippen molar-refractivity contribution in [3.63, 3.8) is 0 Å². The molecule has 8 nitrogen and oxygen atoms in total. The smallest absolute Gasteiger partial charge is 0.283 e. The van der Waals surface area contributed by atoms with Gasteiger partial charge in [0.1, 0.15) is 18.0 Å². The summed E-state index contributed by atoms with van der Waals surface area (Å²) in [7, 11) is 0. The number of aryl methyl sites for hydroxylation is 2. The first-order chi connectivity index (χ1) is 16.1. The van der Waals surface area contributed by atoms with Crippen LogP contribution in [0.3, 0.4) is 0 Å². The number of hydrogen-bond donors (Lipinski definition) is 1. The fraction of sp³-hybridized carbons (Fsp3) is 0.0870. The number of H-pyrrole nitrogens is 1. The zero-order valence-electron chi connectivity index (χ0n) is 17.0. The van der Waals surface area contributed by atoms with Gasteiger partial charge < -0.3 is 4.98 Å². The summed E-state index contributed by atoms with van der Waals surface area (Å²) in [5.74, 6) is -0.654. The first-order valence-corrected chi connectivity index (χ1v) is 10.2. The molecule has 33 heavy (non-hydrogen) atoms. The molecule has 0 spiro atoms. The molecule has 0 saturated carbocycles. The Morgan fingerprint density at radius 2 is 1.79 bits per heavy atom. The highest BCUT2D eigenvalue weighted by Gasteiger charge is 2.16. The van der Waals surface area contributed by atoms with Crippen molar-refractivity contribution in [1.29, 1.82) is 0 Å². The maximum absolute atomic E-state index is 13.6. The average molecular weight is 443 g/mol. The van der Waals surface area contributed by atoms with Gasteiger partial charge in [-0.25, -0.2) is 13.8 Å². The average Bonchev–Trinajstić information content (AvgIpc) is 3.43. The molecular formula is C23H15F2N7O. The van der Waals surface area contributed by atoms with Crippen LogP contribution in [0.4, 0.5) is 8.78 Å². The third kappa shape index (κ3) is 3.15. The molecule has 4 aromatic heterocycles. The minimum Gasteiger partial charge on any atom is -0.361 e. The quantitative estimate of drug-likeness (QED) is 0.450. The molecule has 2 aromatic carbocycles. The lowest BCUT2D eigenvalue weighted by Crippen LogP contribution is -2.23. The van der Waals surface area contributed by atoms with Crippen LogP contribution in [0.2, 0.25) is 0 Å². The van der Waals surface area contributed by atoms with E-state index >= 15 is 0 Å². The Kier molecular flexibility index (Phi) is 4.25. The molecule has 6 aromatic rings.